The van der Waals surface area contributed by atoms with E-state index in [0.717, 1.165) is 38.2 Å². The molecule has 0 fully saturated rings. The highest BCUT2D eigenvalue weighted by molar-refractivity contribution is 5.35. The Morgan fingerprint density at radius 2 is 1.79 bits per heavy atom. The van der Waals surface area contributed by atoms with Gasteiger partial charge in [-0.1, -0.05) is 32.0 Å². The van der Waals surface area contributed by atoms with Crippen molar-refractivity contribution in [1.82, 2.24) is 0 Å². The summed E-state index contributed by atoms with van der Waals surface area (Å²) in [7, 11) is 0. The Kier molecular flexibility index (Phi) is 8.26. The Bertz CT molecular complexity index is 339. The van der Waals surface area contributed by atoms with E-state index in [4.69, 9.17) is 15.2 Å². The maximum absolute atomic E-state index is 5.78. The van der Waals surface area contributed by atoms with Crippen LogP contribution in [0.4, 0.5) is 0 Å². The van der Waals surface area contributed by atoms with E-state index in [2.05, 4.69) is 26.0 Å². The molecule has 3 nitrogen and oxygen atoms in total. The monoisotopic (exact) mass is 265 g/mol. The molecule has 108 valence electrons. The minimum atomic E-state index is 0.480. The van der Waals surface area contributed by atoms with Crippen molar-refractivity contribution < 1.29 is 9.47 Å². The summed E-state index contributed by atoms with van der Waals surface area (Å²) in [5.74, 6) is 1.46. The molecule has 0 unspecified atom stereocenters. The van der Waals surface area contributed by atoms with Gasteiger partial charge in [0.05, 0.1) is 6.61 Å². The van der Waals surface area contributed by atoms with Gasteiger partial charge in [0.1, 0.15) is 12.4 Å². The highest BCUT2D eigenvalue weighted by Gasteiger charge is 2.06. The SMILES string of the molecule is CC(C)c1ccccc1OCCOCCCCCN. The zero-order valence-electron chi connectivity index (χ0n) is 12.2. The molecule has 0 radical (unpaired) electrons. The standard InChI is InChI=1S/C16H27NO2/c1-14(2)15-8-4-5-9-16(15)19-13-12-18-11-7-3-6-10-17/h4-5,8-9,14H,3,6-7,10-13,17H2,1-2H3. The fourth-order valence-corrected chi connectivity index (χ4v) is 1.93. The summed E-state index contributed by atoms with van der Waals surface area (Å²) < 4.78 is 11.3. The van der Waals surface area contributed by atoms with E-state index in [9.17, 15) is 0 Å². The lowest BCUT2D eigenvalue weighted by Crippen LogP contribution is -2.09. The Morgan fingerprint density at radius 1 is 1.00 bits per heavy atom. The Hall–Kier alpha value is -1.06. The topological polar surface area (TPSA) is 44.5 Å². The zero-order chi connectivity index (χ0) is 13.9. The molecule has 0 heterocycles. The molecule has 0 spiro atoms. The van der Waals surface area contributed by atoms with Gasteiger partial charge in [-0.2, -0.15) is 0 Å². The van der Waals surface area contributed by atoms with Crippen molar-refractivity contribution >= 4 is 0 Å². The first-order chi connectivity index (χ1) is 9.25. The Morgan fingerprint density at radius 3 is 2.53 bits per heavy atom. The second kappa shape index (κ2) is 9.82. The van der Waals surface area contributed by atoms with E-state index in [1.165, 1.54) is 5.56 Å². The number of unbranched alkanes of at least 4 members (excludes halogenated alkanes) is 2. The average molecular weight is 265 g/mol. The molecule has 2 N–H and O–H groups in total. The van der Waals surface area contributed by atoms with Gasteiger partial charge in [-0.25, -0.2) is 0 Å². The predicted octanol–water partition coefficient (Wildman–Crippen LogP) is 3.33. The average Bonchev–Trinajstić information content (AvgIpc) is 2.42. The molecule has 1 rings (SSSR count). The van der Waals surface area contributed by atoms with Crippen LogP contribution in [0.15, 0.2) is 24.3 Å². The van der Waals surface area contributed by atoms with Crippen LogP contribution in [0.1, 0.15) is 44.6 Å². The van der Waals surface area contributed by atoms with Crippen molar-refractivity contribution in [3.63, 3.8) is 0 Å². The molecular formula is C16H27NO2. The van der Waals surface area contributed by atoms with Crippen LogP contribution in [0, 0.1) is 0 Å². The molecule has 0 aliphatic rings. The van der Waals surface area contributed by atoms with Crippen molar-refractivity contribution in [2.75, 3.05) is 26.4 Å². The summed E-state index contributed by atoms with van der Waals surface area (Å²) in [6.07, 6.45) is 3.31. The first-order valence-corrected chi connectivity index (χ1v) is 7.25. The number of ether oxygens (including phenoxy) is 2. The minimum absolute atomic E-state index is 0.480. The molecule has 0 saturated heterocycles. The lowest BCUT2D eigenvalue weighted by molar-refractivity contribution is 0.0968. The van der Waals surface area contributed by atoms with Crippen LogP contribution in [0.2, 0.25) is 0 Å². The third-order valence-corrected chi connectivity index (χ3v) is 3.02. The smallest absolute Gasteiger partial charge is 0.122 e. The fourth-order valence-electron chi connectivity index (χ4n) is 1.93. The maximum Gasteiger partial charge on any atom is 0.122 e. The summed E-state index contributed by atoms with van der Waals surface area (Å²) in [6, 6.07) is 8.20. The molecule has 0 bridgehead atoms. The molecule has 0 aromatic heterocycles. The predicted molar refractivity (Wildman–Crippen MR) is 79.8 cm³/mol. The first kappa shape index (κ1) is 16.0. The van der Waals surface area contributed by atoms with Gasteiger partial charge in [0.25, 0.3) is 0 Å². The zero-order valence-corrected chi connectivity index (χ0v) is 12.2. The summed E-state index contributed by atoms with van der Waals surface area (Å²) in [5.41, 5.74) is 6.69. The van der Waals surface area contributed by atoms with Gasteiger partial charge >= 0.3 is 0 Å². The van der Waals surface area contributed by atoms with Crippen molar-refractivity contribution in [2.24, 2.45) is 5.73 Å². The van der Waals surface area contributed by atoms with E-state index >= 15 is 0 Å². The van der Waals surface area contributed by atoms with Gasteiger partial charge < -0.3 is 15.2 Å². The quantitative estimate of drug-likeness (QED) is 0.660. The van der Waals surface area contributed by atoms with E-state index in [-0.39, 0.29) is 0 Å². The molecular weight excluding hydrogens is 238 g/mol. The normalized spacial score (nSPS) is 10.9. The summed E-state index contributed by atoms with van der Waals surface area (Å²) in [5, 5.41) is 0. The van der Waals surface area contributed by atoms with Crippen molar-refractivity contribution in [3.05, 3.63) is 29.8 Å². The molecule has 0 aliphatic heterocycles. The minimum Gasteiger partial charge on any atom is -0.491 e. The summed E-state index contributed by atoms with van der Waals surface area (Å²) >= 11 is 0. The van der Waals surface area contributed by atoms with Gasteiger partial charge in [-0.3, -0.25) is 0 Å². The van der Waals surface area contributed by atoms with E-state index in [1.54, 1.807) is 0 Å². The molecule has 0 atom stereocenters. The van der Waals surface area contributed by atoms with Crippen LogP contribution >= 0.6 is 0 Å². The van der Waals surface area contributed by atoms with Gasteiger partial charge in [0.2, 0.25) is 0 Å². The lowest BCUT2D eigenvalue weighted by Gasteiger charge is -2.13. The van der Waals surface area contributed by atoms with Gasteiger partial charge in [-0.05, 0) is 43.4 Å². The van der Waals surface area contributed by atoms with Crippen molar-refractivity contribution in [1.29, 1.82) is 0 Å². The second-order valence-corrected chi connectivity index (χ2v) is 5.00. The molecule has 19 heavy (non-hydrogen) atoms. The third kappa shape index (κ3) is 6.60. The maximum atomic E-state index is 5.78. The van der Waals surface area contributed by atoms with Crippen LogP contribution in [0.25, 0.3) is 0 Å². The first-order valence-electron chi connectivity index (χ1n) is 7.25. The lowest BCUT2D eigenvalue weighted by atomic mass is 10.0. The number of rotatable bonds is 10. The fraction of sp³-hybridized carbons (Fsp3) is 0.625. The number of benzene rings is 1. The highest BCUT2D eigenvalue weighted by atomic mass is 16.5. The summed E-state index contributed by atoms with van der Waals surface area (Å²) in [4.78, 5) is 0. The highest BCUT2D eigenvalue weighted by Crippen LogP contribution is 2.25. The van der Waals surface area contributed by atoms with Crippen molar-refractivity contribution in [2.45, 2.75) is 39.0 Å². The van der Waals surface area contributed by atoms with E-state index < -0.39 is 0 Å². The number of hydrogen-bond donors (Lipinski definition) is 1. The second-order valence-electron chi connectivity index (χ2n) is 5.00. The van der Waals surface area contributed by atoms with Gasteiger partial charge in [-0.15, -0.1) is 0 Å². The largest absolute Gasteiger partial charge is 0.491 e. The third-order valence-electron chi connectivity index (χ3n) is 3.02. The van der Waals surface area contributed by atoms with Crippen LogP contribution in [-0.2, 0) is 4.74 Å². The van der Waals surface area contributed by atoms with Gasteiger partial charge in [0.15, 0.2) is 0 Å². The number of nitrogens with two attached hydrogens (primary N) is 1. The molecule has 0 aliphatic carbocycles. The molecule has 3 heteroatoms. The molecule has 0 saturated carbocycles. The van der Waals surface area contributed by atoms with Crippen LogP contribution < -0.4 is 10.5 Å². The summed E-state index contributed by atoms with van der Waals surface area (Å²) in [6.45, 7) is 7.19. The van der Waals surface area contributed by atoms with Crippen LogP contribution in [0.5, 0.6) is 5.75 Å². The molecule has 0 amide bonds. The van der Waals surface area contributed by atoms with E-state index in [0.29, 0.717) is 19.1 Å². The Balaban J connectivity index is 2.16. The number of hydrogen-bond acceptors (Lipinski definition) is 3. The number of para-hydroxylation sites is 1. The van der Waals surface area contributed by atoms with Gasteiger partial charge in [0, 0.05) is 6.61 Å². The van der Waals surface area contributed by atoms with Crippen molar-refractivity contribution in [3.8, 4) is 5.75 Å². The molecule has 1 aromatic carbocycles. The van der Waals surface area contributed by atoms with Crippen LogP contribution in [0.3, 0.4) is 0 Å². The molecule has 1 aromatic rings. The van der Waals surface area contributed by atoms with E-state index in [1.807, 2.05) is 12.1 Å². The Labute approximate surface area is 117 Å². The van der Waals surface area contributed by atoms with Crippen LogP contribution in [-0.4, -0.2) is 26.4 Å².